The third kappa shape index (κ3) is 14.3. The summed E-state index contributed by atoms with van der Waals surface area (Å²) in [4.78, 5) is 0. The maximum absolute atomic E-state index is 13.5. The first-order valence-electron chi connectivity index (χ1n) is 11.8. The Morgan fingerprint density at radius 3 is 1.26 bits per heavy atom. The van der Waals surface area contributed by atoms with Crippen molar-refractivity contribution in [1.29, 1.82) is 0 Å². The van der Waals surface area contributed by atoms with Crippen LogP contribution in [0.25, 0.3) is 0 Å². The Labute approximate surface area is 183 Å². The minimum atomic E-state index is -5.92. The summed E-state index contributed by atoms with van der Waals surface area (Å²) in [6.07, 6.45) is -1.30. The van der Waals surface area contributed by atoms with Crippen LogP contribution in [0.5, 0.6) is 0 Å². The highest BCUT2D eigenvalue weighted by Gasteiger charge is 2.71. The van der Waals surface area contributed by atoms with Gasteiger partial charge in [-0.1, -0.05) is 78.1 Å². The summed E-state index contributed by atoms with van der Waals surface area (Å²) in [5, 5.41) is 0. The van der Waals surface area contributed by atoms with E-state index in [9.17, 15) is 30.7 Å². The van der Waals surface area contributed by atoms with E-state index in [1.54, 1.807) is 0 Å². The van der Waals surface area contributed by atoms with Crippen LogP contribution in [0, 0.1) is 5.92 Å². The fourth-order valence-electron chi connectivity index (χ4n) is 3.48. The summed E-state index contributed by atoms with van der Waals surface area (Å²) >= 11 is 0. The molecule has 1 nitrogen and oxygen atoms in total. The maximum atomic E-state index is 13.5. The first-order chi connectivity index (χ1) is 14.4. The molecule has 0 unspecified atom stereocenters. The lowest BCUT2D eigenvalue weighted by Crippen LogP contribution is -2.53. The summed E-state index contributed by atoms with van der Waals surface area (Å²) in [5.74, 6) is 0.724. The normalized spacial score (nSPS) is 13.4. The smallest absolute Gasteiger partial charge is 0.381 e. The van der Waals surface area contributed by atoms with Gasteiger partial charge in [-0.15, -0.1) is 0 Å². The fraction of sp³-hybridized carbons (Fsp3) is 1.00. The number of hydrogen-bond acceptors (Lipinski definition) is 1. The molecular formula is C23H41F7O. The molecule has 0 spiro atoms. The molecule has 0 bridgehead atoms. The van der Waals surface area contributed by atoms with Gasteiger partial charge in [0.25, 0.3) is 5.67 Å². The minimum absolute atomic E-state index is 0.178. The first-order valence-corrected chi connectivity index (χ1v) is 11.8. The Bertz CT molecular complexity index is 405. The largest absolute Gasteiger partial charge is 0.431 e. The predicted molar refractivity (Wildman–Crippen MR) is 111 cm³/mol. The van der Waals surface area contributed by atoms with Gasteiger partial charge in [0.2, 0.25) is 0 Å². The summed E-state index contributed by atoms with van der Waals surface area (Å²) in [6, 6.07) is 0. The number of unbranched alkanes of at least 4 members (excludes halogenated alkanes) is 11. The first kappa shape index (κ1) is 30.5. The van der Waals surface area contributed by atoms with Gasteiger partial charge in [0.05, 0.1) is 0 Å². The SMILES string of the molecule is CC(C)CCCOCCCCCCCCCCCCCCC(F)(C(F)(F)F)C(F)(F)F. The van der Waals surface area contributed by atoms with E-state index in [4.69, 9.17) is 4.74 Å². The quantitative estimate of drug-likeness (QED) is 0.136. The number of rotatable bonds is 19. The average Bonchev–Trinajstić information content (AvgIpc) is 2.64. The van der Waals surface area contributed by atoms with Crippen molar-refractivity contribution in [3.8, 4) is 0 Å². The van der Waals surface area contributed by atoms with E-state index in [2.05, 4.69) is 13.8 Å². The molecule has 0 saturated carbocycles. The van der Waals surface area contributed by atoms with E-state index in [0.717, 1.165) is 70.5 Å². The van der Waals surface area contributed by atoms with Crippen LogP contribution in [0.1, 0.15) is 110 Å². The lowest BCUT2D eigenvalue weighted by atomic mass is 9.96. The Balaban J connectivity index is 3.48. The minimum Gasteiger partial charge on any atom is -0.381 e. The van der Waals surface area contributed by atoms with Crippen molar-refractivity contribution in [2.75, 3.05) is 13.2 Å². The monoisotopic (exact) mass is 466 g/mol. The Kier molecular flexibility index (Phi) is 15.9. The van der Waals surface area contributed by atoms with Crippen LogP contribution in [-0.2, 0) is 4.74 Å². The molecule has 0 aromatic heterocycles. The molecule has 0 radical (unpaired) electrons. The second kappa shape index (κ2) is 16.1. The van der Waals surface area contributed by atoms with Crippen LogP contribution in [0.2, 0.25) is 0 Å². The second-order valence-electron chi connectivity index (χ2n) is 8.94. The summed E-state index contributed by atoms with van der Waals surface area (Å²) in [7, 11) is 0. The number of ether oxygens (including phenoxy) is 1. The third-order valence-electron chi connectivity index (χ3n) is 5.53. The topological polar surface area (TPSA) is 9.23 Å². The van der Waals surface area contributed by atoms with Crippen LogP contribution >= 0.6 is 0 Å². The van der Waals surface area contributed by atoms with Gasteiger partial charge in [-0.2, -0.15) is 26.3 Å². The average molecular weight is 467 g/mol. The molecule has 0 aromatic rings. The number of halogens is 7. The summed E-state index contributed by atoms with van der Waals surface area (Å²) in [5.41, 5.74) is -5.10. The lowest BCUT2D eigenvalue weighted by Gasteiger charge is -2.29. The lowest BCUT2D eigenvalue weighted by molar-refractivity contribution is -0.343. The van der Waals surface area contributed by atoms with Gasteiger partial charge in [0, 0.05) is 13.2 Å². The molecule has 0 aliphatic carbocycles. The number of hydrogen-bond donors (Lipinski definition) is 0. The second-order valence-corrected chi connectivity index (χ2v) is 8.94. The van der Waals surface area contributed by atoms with E-state index >= 15 is 0 Å². The van der Waals surface area contributed by atoms with Gasteiger partial charge in [0.15, 0.2) is 0 Å². The zero-order chi connectivity index (χ0) is 23.8. The van der Waals surface area contributed by atoms with Crippen LogP contribution < -0.4 is 0 Å². The van der Waals surface area contributed by atoms with Gasteiger partial charge in [-0.05, 0) is 38.0 Å². The molecule has 0 fully saturated rings. The van der Waals surface area contributed by atoms with E-state index in [1.807, 2.05) is 0 Å². The van der Waals surface area contributed by atoms with Crippen LogP contribution in [0.15, 0.2) is 0 Å². The van der Waals surface area contributed by atoms with Crippen LogP contribution in [0.3, 0.4) is 0 Å². The Hall–Kier alpha value is -0.530. The van der Waals surface area contributed by atoms with Crippen molar-refractivity contribution < 1.29 is 35.5 Å². The van der Waals surface area contributed by atoms with Crippen molar-refractivity contribution in [3.05, 3.63) is 0 Å². The van der Waals surface area contributed by atoms with Crippen molar-refractivity contribution in [3.63, 3.8) is 0 Å². The molecule has 0 aromatic carbocycles. The molecule has 0 amide bonds. The van der Waals surface area contributed by atoms with Crippen LogP contribution in [0.4, 0.5) is 30.7 Å². The third-order valence-corrected chi connectivity index (χ3v) is 5.53. The molecule has 0 N–H and O–H groups in total. The zero-order valence-corrected chi connectivity index (χ0v) is 19.2. The molecule has 8 heteroatoms. The van der Waals surface area contributed by atoms with E-state index in [-0.39, 0.29) is 6.42 Å². The van der Waals surface area contributed by atoms with Crippen molar-refractivity contribution in [2.45, 2.75) is 128 Å². The standard InChI is InChI=1S/C23H41F7O/c1-20(2)16-15-19-31-18-14-12-10-8-6-4-3-5-7-9-11-13-17-21(24,22(25,26)27)23(28,29)30/h20H,3-19H2,1-2H3. The van der Waals surface area contributed by atoms with Crippen molar-refractivity contribution in [2.24, 2.45) is 5.92 Å². The van der Waals surface area contributed by atoms with Crippen LogP contribution in [-0.4, -0.2) is 31.2 Å². The number of alkyl halides is 7. The molecule has 0 saturated heterocycles. The summed E-state index contributed by atoms with van der Waals surface area (Å²) < 4.78 is 93.7. The highest BCUT2D eigenvalue weighted by atomic mass is 19.4. The van der Waals surface area contributed by atoms with Gasteiger partial charge in [-0.25, -0.2) is 4.39 Å². The van der Waals surface area contributed by atoms with E-state index < -0.39 is 30.9 Å². The molecule has 0 aliphatic rings. The van der Waals surface area contributed by atoms with E-state index in [1.165, 1.54) is 19.3 Å². The highest BCUT2D eigenvalue weighted by molar-refractivity contribution is 4.94. The molecule has 0 atom stereocenters. The van der Waals surface area contributed by atoms with E-state index in [0.29, 0.717) is 6.42 Å². The Morgan fingerprint density at radius 2 is 0.871 bits per heavy atom. The summed E-state index contributed by atoms with van der Waals surface area (Å²) in [6.45, 7) is 6.09. The van der Waals surface area contributed by atoms with Crippen molar-refractivity contribution in [1.82, 2.24) is 0 Å². The highest BCUT2D eigenvalue weighted by Crippen LogP contribution is 2.49. The van der Waals surface area contributed by atoms with Crippen molar-refractivity contribution >= 4 is 0 Å². The molecule has 0 aliphatic heterocycles. The zero-order valence-electron chi connectivity index (χ0n) is 19.2. The predicted octanol–water partition coefficient (Wildman–Crippen LogP) is 9.34. The molecule has 188 valence electrons. The molecule has 0 rings (SSSR count). The van der Waals surface area contributed by atoms with Gasteiger partial charge >= 0.3 is 12.4 Å². The van der Waals surface area contributed by atoms with Gasteiger partial charge in [0.1, 0.15) is 0 Å². The molecule has 31 heavy (non-hydrogen) atoms. The fourth-order valence-corrected chi connectivity index (χ4v) is 3.48. The maximum Gasteiger partial charge on any atom is 0.431 e. The molecule has 0 heterocycles. The molecular weight excluding hydrogens is 425 g/mol. The van der Waals surface area contributed by atoms with Gasteiger partial charge in [-0.3, -0.25) is 0 Å². The Morgan fingerprint density at radius 1 is 0.516 bits per heavy atom. The van der Waals surface area contributed by atoms with Gasteiger partial charge < -0.3 is 4.74 Å².